The molecule has 9 nitrogen and oxygen atoms in total. The van der Waals surface area contributed by atoms with Gasteiger partial charge < -0.3 is 10.1 Å². The third kappa shape index (κ3) is 3.74. The molecule has 0 radical (unpaired) electrons. The minimum Gasteiger partial charge on any atom is -0.497 e. The number of ether oxygens (including phenoxy) is 1. The number of hydrogen-bond donors (Lipinski definition) is 2. The summed E-state index contributed by atoms with van der Waals surface area (Å²) in [5.74, 6) is 1.43. The van der Waals surface area contributed by atoms with Crippen LogP contribution < -0.4 is 10.1 Å². The van der Waals surface area contributed by atoms with E-state index in [1.54, 1.807) is 30.1 Å². The molecule has 0 aliphatic heterocycles. The minimum atomic E-state index is -0.203. The van der Waals surface area contributed by atoms with Crippen molar-refractivity contribution in [2.24, 2.45) is 0 Å². The van der Waals surface area contributed by atoms with Crippen molar-refractivity contribution in [2.45, 2.75) is 13.8 Å². The molecule has 30 heavy (non-hydrogen) atoms. The van der Waals surface area contributed by atoms with Crippen LogP contribution in [0.5, 0.6) is 5.75 Å². The second-order valence-electron chi connectivity index (χ2n) is 6.55. The molecule has 0 aliphatic rings. The summed E-state index contributed by atoms with van der Waals surface area (Å²) >= 11 is 6.51. The van der Waals surface area contributed by atoms with Gasteiger partial charge in [-0.3, -0.25) is 9.89 Å². The lowest BCUT2D eigenvalue weighted by atomic mass is 10.1. The van der Waals surface area contributed by atoms with Crippen molar-refractivity contribution >= 4 is 23.3 Å². The van der Waals surface area contributed by atoms with Crippen molar-refractivity contribution in [2.75, 3.05) is 12.4 Å². The Labute approximate surface area is 177 Å². The number of H-pyrrole nitrogens is 1. The van der Waals surface area contributed by atoms with Gasteiger partial charge in [0.1, 0.15) is 23.6 Å². The normalized spacial score (nSPS) is 10.8. The fourth-order valence-electron chi connectivity index (χ4n) is 3.03. The average molecular weight is 424 g/mol. The average Bonchev–Trinajstić information content (AvgIpc) is 3.38. The first-order valence-corrected chi connectivity index (χ1v) is 9.38. The van der Waals surface area contributed by atoms with E-state index in [-0.39, 0.29) is 5.91 Å². The highest BCUT2D eigenvalue weighted by atomic mass is 35.5. The number of methoxy groups -OCH3 is 1. The Morgan fingerprint density at radius 3 is 2.73 bits per heavy atom. The highest BCUT2D eigenvalue weighted by Gasteiger charge is 2.19. The zero-order chi connectivity index (χ0) is 21.3. The predicted molar refractivity (Wildman–Crippen MR) is 113 cm³/mol. The number of amides is 1. The zero-order valence-corrected chi connectivity index (χ0v) is 17.2. The number of aryl methyl sites for hydroxylation is 1. The topological polar surface area (TPSA) is 111 Å². The molecule has 3 aromatic heterocycles. The van der Waals surface area contributed by atoms with E-state index in [9.17, 15) is 4.79 Å². The number of carbonyl (C=O) groups excluding carboxylic acids is 1. The number of nitrogens with zero attached hydrogens (tertiary/aromatic N) is 5. The lowest BCUT2D eigenvalue weighted by Gasteiger charge is -2.09. The van der Waals surface area contributed by atoms with Crippen molar-refractivity contribution in [3.8, 4) is 34.1 Å². The van der Waals surface area contributed by atoms with E-state index >= 15 is 0 Å². The first kappa shape index (κ1) is 19.6. The second kappa shape index (κ2) is 7.96. The third-order valence-corrected chi connectivity index (χ3v) is 4.75. The van der Waals surface area contributed by atoms with E-state index in [1.165, 1.54) is 13.3 Å². The quantitative estimate of drug-likeness (QED) is 0.507. The van der Waals surface area contributed by atoms with Gasteiger partial charge in [0, 0.05) is 30.9 Å². The number of rotatable bonds is 5. The summed E-state index contributed by atoms with van der Waals surface area (Å²) in [6.45, 7) is 3.34. The number of benzene rings is 1. The molecule has 1 aromatic carbocycles. The van der Waals surface area contributed by atoms with E-state index in [1.807, 2.05) is 25.3 Å². The summed E-state index contributed by atoms with van der Waals surface area (Å²) in [5, 5.41) is 14.8. The van der Waals surface area contributed by atoms with Crippen molar-refractivity contribution in [3.63, 3.8) is 0 Å². The largest absolute Gasteiger partial charge is 0.497 e. The molecule has 2 N–H and O–H groups in total. The molecule has 1 amide bonds. The Morgan fingerprint density at radius 2 is 2.07 bits per heavy atom. The standard InChI is InChI=1S/C20H18ClN7O2/c1-11-8-22-18(25-12(2)29)7-17(11)28-9-15(20-23-10-24-26-20)19(27-28)14-5-4-13(30-3)6-16(14)21/h4-10H,1-3H3,(H,22,25,29)(H,23,24,26). The molecular formula is C20H18ClN7O2. The van der Waals surface area contributed by atoms with Crippen LogP contribution in [0.25, 0.3) is 28.3 Å². The van der Waals surface area contributed by atoms with E-state index in [0.717, 1.165) is 22.4 Å². The minimum absolute atomic E-state index is 0.203. The molecule has 0 saturated carbocycles. The van der Waals surface area contributed by atoms with Crippen LogP contribution in [0.1, 0.15) is 12.5 Å². The number of nitrogens with one attached hydrogen (secondary N) is 2. The van der Waals surface area contributed by atoms with Crippen molar-refractivity contribution in [1.29, 1.82) is 0 Å². The summed E-state index contributed by atoms with van der Waals surface area (Å²) < 4.78 is 6.95. The van der Waals surface area contributed by atoms with Gasteiger partial charge in [-0.05, 0) is 30.7 Å². The molecule has 4 aromatic rings. The summed E-state index contributed by atoms with van der Waals surface area (Å²) in [6.07, 6.45) is 4.94. The van der Waals surface area contributed by atoms with Gasteiger partial charge in [0.05, 0.1) is 23.4 Å². The lowest BCUT2D eigenvalue weighted by molar-refractivity contribution is -0.114. The third-order valence-electron chi connectivity index (χ3n) is 4.44. The number of aromatic amines is 1. The molecule has 10 heteroatoms. The number of hydrogen-bond acceptors (Lipinski definition) is 6. The smallest absolute Gasteiger partial charge is 0.222 e. The molecule has 152 valence electrons. The summed E-state index contributed by atoms with van der Waals surface area (Å²) in [6, 6.07) is 7.15. The molecule has 0 atom stereocenters. The van der Waals surface area contributed by atoms with Crippen LogP contribution in [0.15, 0.2) is 43.0 Å². The molecule has 0 aliphatic carbocycles. The molecule has 0 fully saturated rings. The van der Waals surface area contributed by atoms with Gasteiger partial charge in [-0.2, -0.15) is 10.2 Å². The molecule has 0 bridgehead atoms. The first-order valence-electron chi connectivity index (χ1n) is 9.00. The molecule has 0 unspecified atom stereocenters. The van der Waals surface area contributed by atoms with Crippen LogP contribution in [-0.2, 0) is 4.79 Å². The molecule has 0 spiro atoms. The zero-order valence-electron chi connectivity index (χ0n) is 16.5. The van der Waals surface area contributed by atoms with Crippen LogP contribution in [0.2, 0.25) is 5.02 Å². The number of halogens is 1. The molecule has 3 heterocycles. The van der Waals surface area contributed by atoms with Gasteiger partial charge >= 0.3 is 0 Å². The summed E-state index contributed by atoms with van der Waals surface area (Å²) in [5.41, 5.74) is 3.69. The van der Waals surface area contributed by atoms with Crippen LogP contribution in [-0.4, -0.2) is 43.0 Å². The maximum atomic E-state index is 11.4. The molecule has 0 saturated heterocycles. The van der Waals surface area contributed by atoms with Crippen LogP contribution in [0, 0.1) is 6.92 Å². The van der Waals surface area contributed by atoms with Gasteiger partial charge in [0.15, 0.2) is 5.82 Å². The number of carbonyl (C=O) groups is 1. The second-order valence-corrected chi connectivity index (χ2v) is 6.96. The highest BCUT2D eigenvalue weighted by Crippen LogP contribution is 2.36. The van der Waals surface area contributed by atoms with Crippen molar-refractivity contribution in [1.82, 2.24) is 29.9 Å². The number of anilines is 1. The van der Waals surface area contributed by atoms with Crippen molar-refractivity contribution < 1.29 is 9.53 Å². The maximum absolute atomic E-state index is 11.4. The number of aromatic nitrogens is 6. The molecular weight excluding hydrogens is 406 g/mol. The maximum Gasteiger partial charge on any atom is 0.222 e. The van der Waals surface area contributed by atoms with Gasteiger partial charge in [0.25, 0.3) is 0 Å². The van der Waals surface area contributed by atoms with Crippen LogP contribution in [0.4, 0.5) is 5.82 Å². The van der Waals surface area contributed by atoms with E-state index in [0.29, 0.717) is 28.1 Å². The first-order chi connectivity index (χ1) is 14.5. The monoisotopic (exact) mass is 423 g/mol. The fraction of sp³-hybridized carbons (Fsp3) is 0.150. The summed E-state index contributed by atoms with van der Waals surface area (Å²) in [7, 11) is 1.58. The van der Waals surface area contributed by atoms with E-state index in [2.05, 4.69) is 25.5 Å². The summed E-state index contributed by atoms with van der Waals surface area (Å²) in [4.78, 5) is 19.9. The van der Waals surface area contributed by atoms with Crippen LogP contribution >= 0.6 is 11.6 Å². The Hall–Kier alpha value is -3.72. The predicted octanol–water partition coefficient (Wildman–Crippen LogP) is 3.65. The van der Waals surface area contributed by atoms with E-state index in [4.69, 9.17) is 21.4 Å². The fourth-order valence-corrected chi connectivity index (χ4v) is 3.29. The molecule has 4 rings (SSSR count). The number of pyridine rings is 1. The Kier molecular flexibility index (Phi) is 5.20. The van der Waals surface area contributed by atoms with Crippen LogP contribution in [0.3, 0.4) is 0 Å². The van der Waals surface area contributed by atoms with Crippen molar-refractivity contribution in [3.05, 3.63) is 53.6 Å². The van der Waals surface area contributed by atoms with E-state index < -0.39 is 0 Å². The lowest BCUT2D eigenvalue weighted by Crippen LogP contribution is -2.09. The van der Waals surface area contributed by atoms with Gasteiger partial charge in [-0.25, -0.2) is 14.6 Å². The Morgan fingerprint density at radius 1 is 1.23 bits per heavy atom. The van der Waals surface area contributed by atoms with Gasteiger partial charge in [0.2, 0.25) is 5.91 Å². The Balaban J connectivity index is 1.88. The Bertz CT molecular complexity index is 1220. The van der Waals surface area contributed by atoms with Gasteiger partial charge in [-0.15, -0.1) is 0 Å². The SMILES string of the molecule is COc1ccc(-c2nn(-c3cc(NC(C)=O)ncc3C)cc2-c2ncn[nH]2)c(Cl)c1. The van der Waals surface area contributed by atoms with Gasteiger partial charge in [-0.1, -0.05) is 11.6 Å². The highest BCUT2D eigenvalue weighted by molar-refractivity contribution is 6.33.